The number of rotatable bonds is 1. The van der Waals surface area contributed by atoms with Crippen LogP contribution in [-0.4, -0.2) is 10.8 Å². The third-order valence-electron chi connectivity index (χ3n) is 2.47. The Kier molecular flexibility index (Phi) is 2.00. The minimum Gasteiger partial charge on any atom is -0.399 e. The van der Waals surface area contributed by atoms with E-state index in [2.05, 4.69) is 4.98 Å². The van der Waals surface area contributed by atoms with Gasteiger partial charge in [-0.05, 0) is 25.0 Å². The molecular formula is C10H12N2O. The molecule has 0 aromatic carbocycles. The highest BCUT2D eigenvalue weighted by Gasteiger charge is 2.26. The number of nitrogen functional groups attached to an aromatic ring is 1. The third kappa shape index (κ3) is 1.54. The predicted octanol–water partition coefficient (Wildman–Crippen LogP) is 1.50. The fourth-order valence-electron chi connectivity index (χ4n) is 1.78. The van der Waals surface area contributed by atoms with Gasteiger partial charge in [-0.2, -0.15) is 0 Å². The average Bonchev–Trinajstić information content (AvgIpc) is 2.51. The lowest BCUT2D eigenvalue weighted by Gasteiger charge is -2.06. The van der Waals surface area contributed by atoms with E-state index >= 15 is 0 Å². The zero-order valence-corrected chi connectivity index (χ0v) is 7.36. The van der Waals surface area contributed by atoms with Gasteiger partial charge in [-0.25, -0.2) is 0 Å². The monoisotopic (exact) mass is 176 g/mol. The van der Waals surface area contributed by atoms with Gasteiger partial charge in [0.2, 0.25) is 0 Å². The van der Waals surface area contributed by atoms with Crippen LogP contribution >= 0.6 is 0 Å². The second-order valence-electron chi connectivity index (χ2n) is 3.43. The summed E-state index contributed by atoms with van der Waals surface area (Å²) in [6.45, 7) is 0. The van der Waals surface area contributed by atoms with Crippen molar-refractivity contribution in [2.45, 2.75) is 25.2 Å². The Morgan fingerprint density at radius 2 is 2.38 bits per heavy atom. The SMILES string of the molecule is Nc1ccnc(C2CCCC2=O)c1. The van der Waals surface area contributed by atoms with Crippen molar-refractivity contribution in [3.63, 3.8) is 0 Å². The largest absolute Gasteiger partial charge is 0.399 e. The molecule has 0 amide bonds. The molecule has 0 saturated heterocycles. The second kappa shape index (κ2) is 3.17. The van der Waals surface area contributed by atoms with Crippen molar-refractivity contribution in [3.05, 3.63) is 24.0 Å². The molecule has 0 radical (unpaired) electrons. The van der Waals surface area contributed by atoms with Crippen LogP contribution < -0.4 is 5.73 Å². The number of aromatic nitrogens is 1. The van der Waals surface area contributed by atoms with Crippen molar-refractivity contribution < 1.29 is 4.79 Å². The summed E-state index contributed by atoms with van der Waals surface area (Å²) in [6.07, 6.45) is 4.27. The van der Waals surface area contributed by atoms with Gasteiger partial charge in [0.15, 0.2) is 0 Å². The first-order valence-corrected chi connectivity index (χ1v) is 4.51. The summed E-state index contributed by atoms with van der Waals surface area (Å²) < 4.78 is 0. The van der Waals surface area contributed by atoms with Crippen molar-refractivity contribution >= 4 is 11.5 Å². The molecule has 1 unspecified atom stereocenters. The second-order valence-corrected chi connectivity index (χ2v) is 3.43. The van der Waals surface area contributed by atoms with Crippen LogP contribution in [0.3, 0.4) is 0 Å². The molecule has 1 aromatic heterocycles. The fourth-order valence-corrected chi connectivity index (χ4v) is 1.78. The van der Waals surface area contributed by atoms with Gasteiger partial charge in [-0.1, -0.05) is 0 Å². The van der Waals surface area contributed by atoms with E-state index in [1.165, 1.54) is 0 Å². The molecule has 0 spiro atoms. The lowest BCUT2D eigenvalue weighted by atomic mass is 10.0. The predicted molar refractivity (Wildman–Crippen MR) is 50.2 cm³/mol. The quantitative estimate of drug-likeness (QED) is 0.705. The van der Waals surface area contributed by atoms with Crippen LogP contribution in [0, 0.1) is 0 Å². The number of anilines is 1. The average molecular weight is 176 g/mol. The molecule has 1 aliphatic carbocycles. The lowest BCUT2D eigenvalue weighted by Crippen LogP contribution is -2.06. The normalized spacial score (nSPS) is 22.2. The summed E-state index contributed by atoms with van der Waals surface area (Å²) in [6, 6.07) is 3.54. The van der Waals surface area contributed by atoms with Gasteiger partial charge in [0.25, 0.3) is 0 Å². The first-order chi connectivity index (χ1) is 6.27. The van der Waals surface area contributed by atoms with Crippen molar-refractivity contribution in [1.82, 2.24) is 4.98 Å². The number of carbonyl (C=O) groups excluding carboxylic acids is 1. The Hall–Kier alpha value is -1.38. The minimum absolute atomic E-state index is 0.00324. The van der Waals surface area contributed by atoms with Gasteiger partial charge in [-0.15, -0.1) is 0 Å². The number of hydrogen-bond donors (Lipinski definition) is 1. The van der Waals surface area contributed by atoms with Crippen LogP contribution in [0.5, 0.6) is 0 Å². The van der Waals surface area contributed by atoms with E-state index in [4.69, 9.17) is 5.73 Å². The summed E-state index contributed by atoms with van der Waals surface area (Å²) in [5.74, 6) is 0.307. The molecule has 2 N–H and O–H groups in total. The van der Waals surface area contributed by atoms with Crippen LogP contribution in [0.25, 0.3) is 0 Å². The Balaban J connectivity index is 2.29. The number of carbonyl (C=O) groups is 1. The molecule has 1 saturated carbocycles. The van der Waals surface area contributed by atoms with Crippen LogP contribution in [0.4, 0.5) is 5.69 Å². The molecule has 3 heteroatoms. The molecule has 13 heavy (non-hydrogen) atoms. The van der Waals surface area contributed by atoms with E-state index in [9.17, 15) is 4.79 Å². The summed E-state index contributed by atoms with van der Waals surface area (Å²) in [4.78, 5) is 15.6. The molecule has 1 atom stereocenters. The van der Waals surface area contributed by atoms with E-state index in [0.717, 1.165) is 18.5 Å². The molecule has 1 heterocycles. The van der Waals surface area contributed by atoms with E-state index in [1.807, 2.05) is 0 Å². The standard InChI is InChI=1S/C10H12N2O/c11-7-4-5-12-9(6-7)8-2-1-3-10(8)13/h4-6,8H,1-3H2,(H2,11,12). The molecule has 0 aliphatic heterocycles. The van der Waals surface area contributed by atoms with Gasteiger partial charge >= 0.3 is 0 Å². The fraction of sp³-hybridized carbons (Fsp3) is 0.400. The van der Waals surface area contributed by atoms with E-state index in [0.29, 0.717) is 17.9 Å². The van der Waals surface area contributed by atoms with Gasteiger partial charge in [-0.3, -0.25) is 9.78 Å². The molecule has 68 valence electrons. The first-order valence-electron chi connectivity index (χ1n) is 4.51. The van der Waals surface area contributed by atoms with Crippen LogP contribution in [0.15, 0.2) is 18.3 Å². The van der Waals surface area contributed by atoms with Gasteiger partial charge in [0.1, 0.15) is 5.78 Å². The van der Waals surface area contributed by atoms with Crippen LogP contribution in [0.2, 0.25) is 0 Å². The highest BCUT2D eigenvalue weighted by Crippen LogP contribution is 2.30. The molecule has 1 aromatic rings. The number of hydrogen-bond acceptors (Lipinski definition) is 3. The zero-order valence-electron chi connectivity index (χ0n) is 7.36. The lowest BCUT2D eigenvalue weighted by molar-refractivity contribution is -0.118. The Morgan fingerprint density at radius 1 is 1.54 bits per heavy atom. The summed E-state index contributed by atoms with van der Waals surface area (Å²) in [7, 11) is 0. The molecule has 1 aliphatic rings. The number of nitrogens with two attached hydrogens (primary N) is 1. The van der Waals surface area contributed by atoms with Crippen LogP contribution in [-0.2, 0) is 4.79 Å². The number of Topliss-reactive ketones (excluding diaryl/α,β-unsaturated/α-hetero) is 1. The summed E-state index contributed by atoms with van der Waals surface area (Å²) >= 11 is 0. The smallest absolute Gasteiger partial charge is 0.141 e. The van der Waals surface area contributed by atoms with Gasteiger partial charge in [0.05, 0.1) is 11.6 Å². The summed E-state index contributed by atoms with van der Waals surface area (Å²) in [5, 5.41) is 0. The van der Waals surface area contributed by atoms with Crippen molar-refractivity contribution in [3.8, 4) is 0 Å². The van der Waals surface area contributed by atoms with Crippen LogP contribution in [0.1, 0.15) is 30.9 Å². The van der Waals surface area contributed by atoms with E-state index in [-0.39, 0.29) is 5.92 Å². The van der Waals surface area contributed by atoms with E-state index in [1.54, 1.807) is 18.3 Å². The molecule has 1 fully saturated rings. The molecular weight excluding hydrogens is 164 g/mol. The number of nitrogens with zero attached hydrogens (tertiary/aromatic N) is 1. The Labute approximate surface area is 77.0 Å². The highest BCUT2D eigenvalue weighted by molar-refractivity contribution is 5.87. The maximum atomic E-state index is 11.4. The summed E-state index contributed by atoms with van der Waals surface area (Å²) in [5.41, 5.74) is 7.14. The minimum atomic E-state index is 0.00324. The Morgan fingerprint density at radius 3 is 3.00 bits per heavy atom. The van der Waals surface area contributed by atoms with Crippen molar-refractivity contribution in [1.29, 1.82) is 0 Å². The van der Waals surface area contributed by atoms with Gasteiger partial charge < -0.3 is 5.73 Å². The number of ketones is 1. The third-order valence-corrected chi connectivity index (χ3v) is 2.47. The van der Waals surface area contributed by atoms with E-state index < -0.39 is 0 Å². The highest BCUT2D eigenvalue weighted by atomic mass is 16.1. The van der Waals surface area contributed by atoms with Crippen molar-refractivity contribution in [2.24, 2.45) is 0 Å². The maximum Gasteiger partial charge on any atom is 0.141 e. The maximum absolute atomic E-state index is 11.4. The topological polar surface area (TPSA) is 56.0 Å². The van der Waals surface area contributed by atoms with Crippen molar-refractivity contribution in [2.75, 3.05) is 5.73 Å². The molecule has 0 bridgehead atoms. The molecule has 2 rings (SSSR count). The number of pyridine rings is 1. The van der Waals surface area contributed by atoms with Gasteiger partial charge in [0, 0.05) is 18.3 Å². The zero-order chi connectivity index (χ0) is 9.26. The Bertz CT molecular complexity index is 335. The first kappa shape index (κ1) is 8.23. The molecule has 3 nitrogen and oxygen atoms in total.